The van der Waals surface area contributed by atoms with Gasteiger partial charge in [-0.05, 0) is 67.1 Å². The van der Waals surface area contributed by atoms with Crippen LogP contribution in [0.1, 0.15) is 64.7 Å². The minimum atomic E-state index is -3.60. The van der Waals surface area contributed by atoms with E-state index in [2.05, 4.69) is 17.2 Å². The zero-order valence-corrected chi connectivity index (χ0v) is 24.1. The Balaban J connectivity index is 1.40. The highest BCUT2D eigenvalue weighted by molar-refractivity contribution is 7.89. The molecule has 2 aliphatic carbocycles. The van der Waals surface area contributed by atoms with Crippen LogP contribution in [0.15, 0.2) is 52.5 Å². The topological polar surface area (TPSA) is 108 Å². The SMILES string of the molecule is CC1CC(Nc2ccc(=O)n(C)c2)C(C=N)CC1C1(CC2CCCCC2)CCN(S(=O)(=O)c2cccnc2)C1. The van der Waals surface area contributed by atoms with Crippen LogP contribution in [0.4, 0.5) is 5.69 Å². The van der Waals surface area contributed by atoms with Crippen molar-refractivity contribution in [2.24, 2.45) is 36.1 Å². The minimum Gasteiger partial charge on any atom is -0.380 e. The molecule has 2 saturated carbocycles. The van der Waals surface area contributed by atoms with E-state index in [0.717, 1.165) is 31.4 Å². The molecule has 9 heteroatoms. The summed E-state index contributed by atoms with van der Waals surface area (Å²) in [6.07, 6.45) is 16.5. The normalized spacial score (nSPS) is 30.7. The average Bonchev–Trinajstić information content (AvgIpc) is 3.37. The Bertz CT molecular complexity index is 1310. The number of rotatable bonds is 8. The fourth-order valence-corrected chi connectivity index (χ4v) is 9.33. The Kier molecular flexibility index (Phi) is 8.29. The number of anilines is 1. The lowest BCUT2D eigenvalue weighted by Gasteiger charge is -2.49. The maximum Gasteiger partial charge on any atom is 0.250 e. The smallest absolute Gasteiger partial charge is 0.250 e. The molecular formula is C30H43N5O3S. The van der Waals surface area contributed by atoms with Gasteiger partial charge >= 0.3 is 0 Å². The van der Waals surface area contributed by atoms with Crippen molar-refractivity contribution in [1.29, 1.82) is 5.41 Å². The number of nitrogens with one attached hydrogen (secondary N) is 2. The Morgan fingerprint density at radius 1 is 1.18 bits per heavy atom. The van der Waals surface area contributed by atoms with Crippen molar-refractivity contribution in [2.75, 3.05) is 18.4 Å². The summed E-state index contributed by atoms with van der Waals surface area (Å²) >= 11 is 0. The monoisotopic (exact) mass is 553 g/mol. The second-order valence-corrected chi connectivity index (χ2v) is 14.3. The third-order valence-corrected chi connectivity index (χ3v) is 11.7. The molecule has 0 amide bonds. The predicted octanol–water partition coefficient (Wildman–Crippen LogP) is 4.92. The van der Waals surface area contributed by atoms with Gasteiger partial charge in [0.2, 0.25) is 15.6 Å². The molecule has 5 unspecified atom stereocenters. The lowest BCUT2D eigenvalue weighted by Crippen LogP contribution is -2.48. The summed E-state index contributed by atoms with van der Waals surface area (Å²) in [6.45, 7) is 3.42. The third kappa shape index (κ3) is 5.85. The molecule has 5 atom stereocenters. The number of sulfonamides is 1. The Morgan fingerprint density at radius 3 is 2.67 bits per heavy atom. The van der Waals surface area contributed by atoms with Gasteiger partial charge < -0.3 is 15.3 Å². The van der Waals surface area contributed by atoms with E-state index in [0.29, 0.717) is 30.8 Å². The van der Waals surface area contributed by atoms with Gasteiger partial charge in [0.15, 0.2) is 0 Å². The highest BCUT2D eigenvalue weighted by atomic mass is 32.2. The number of aryl methyl sites for hydroxylation is 1. The molecular weight excluding hydrogens is 510 g/mol. The van der Waals surface area contributed by atoms with Crippen molar-refractivity contribution < 1.29 is 8.42 Å². The first kappa shape index (κ1) is 28.0. The van der Waals surface area contributed by atoms with Crippen LogP contribution < -0.4 is 10.9 Å². The fraction of sp³-hybridized carbons (Fsp3) is 0.633. The molecule has 212 valence electrons. The molecule has 0 spiro atoms. The van der Waals surface area contributed by atoms with Gasteiger partial charge in [-0.15, -0.1) is 0 Å². The van der Waals surface area contributed by atoms with Crippen LogP contribution in [-0.4, -0.2) is 47.6 Å². The Morgan fingerprint density at radius 2 is 1.97 bits per heavy atom. The van der Waals surface area contributed by atoms with Crippen molar-refractivity contribution in [3.05, 3.63) is 53.2 Å². The summed E-state index contributed by atoms with van der Waals surface area (Å²) in [6, 6.07) is 6.84. The van der Waals surface area contributed by atoms with Gasteiger partial charge in [-0.1, -0.05) is 39.0 Å². The van der Waals surface area contributed by atoms with Crippen LogP contribution in [-0.2, 0) is 17.1 Å². The molecule has 1 aliphatic heterocycles. The highest BCUT2D eigenvalue weighted by Crippen LogP contribution is 2.54. The Labute approximate surface area is 232 Å². The summed E-state index contributed by atoms with van der Waals surface area (Å²) in [5.74, 6) is 1.43. The van der Waals surface area contributed by atoms with E-state index in [4.69, 9.17) is 5.41 Å². The standard InChI is InChI=1S/C30H43N5O3S/c1-22-15-28(33-25-10-11-29(36)34(2)20-25)24(18-31)16-27(22)30(17-23-7-4-3-5-8-23)12-14-35(21-30)39(37,38)26-9-6-13-32-19-26/h6,9-11,13,18-20,22-24,27-28,31,33H,3-5,7-8,12,14-17,21H2,1-2H3. The van der Waals surface area contributed by atoms with E-state index in [1.807, 2.05) is 12.3 Å². The van der Waals surface area contributed by atoms with Crippen molar-refractivity contribution in [2.45, 2.75) is 75.6 Å². The molecule has 0 aromatic carbocycles. The molecule has 5 rings (SSSR count). The summed E-state index contributed by atoms with van der Waals surface area (Å²) < 4.78 is 30.5. The zero-order valence-electron chi connectivity index (χ0n) is 23.3. The molecule has 2 N–H and O–H groups in total. The fourth-order valence-electron chi connectivity index (χ4n) is 7.82. The number of nitrogens with zero attached hydrogens (tertiary/aromatic N) is 3. The average molecular weight is 554 g/mol. The number of pyridine rings is 2. The quantitative estimate of drug-likeness (QED) is 0.451. The molecule has 2 aromatic heterocycles. The predicted molar refractivity (Wildman–Crippen MR) is 154 cm³/mol. The molecule has 1 saturated heterocycles. The van der Waals surface area contributed by atoms with Crippen LogP contribution in [0, 0.1) is 34.5 Å². The second-order valence-electron chi connectivity index (χ2n) is 12.4. The van der Waals surface area contributed by atoms with Gasteiger partial charge in [0, 0.05) is 63.0 Å². The minimum absolute atomic E-state index is 0.0436. The second kappa shape index (κ2) is 11.5. The molecule has 3 aliphatic rings. The van der Waals surface area contributed by atoms with Gasteiger partial charge in [-0.25, -0.2) is 8.42 Å². The number of hydrogen-bond donors (Lipinski definition) is 2. The van der Waals surface area contributed by atoms with Crippen LogP contribution in [0.2, 0.25) is 0 Å². The summed E-state index contributed by atoms with van der Waals surface area (Å²) in [4.78, 5) is 16.2. The third-order valence-electron chi connectivity index (χ3n) is 9.84. The Hall–Kier alpha value is -2.52. The van der Waals surface area contributed by atoms with Gasteiger partial charge in [-0.3, -0.25) is 9.78 Å². The van der Waals surface area contributed by atoms with Crippen LogP contribution >= 0.6 is 0 Å². The van der Waals surface area contributed by atoms with E-state index in [1.54, 1.807) is 46.5 Å². The summed E-state index contributed by atoms with van der Waals surface area (Å²) in [5, 5.41) is 11.9. The molecule has 0 radical (unpaired) electrons. The first-order valence-corrected chi connectivity index (χ1v) is 16.0. The van der Waals surface area contributed by atoms with Gasteiger partial charge in [-0.2, -0.15) is 4.31 Å². The molecule has 3 heterocycles. The van der Waals surface area contributed by atoms with E-state index in [1.165, 1.54) is 38.3 Å². The first-order chi connectivity index (χ1) is 18.7. The molecule has 0 bridgehead atoms. The lowest BCUT2D eigenvalue weighted by atomic mass is 9.57. The van der Waals surface area contributed by atoms with E-state index >= 15 is 0 Å². The first-order valence-electron chi connectivity index (χ1n) is 14.6. The van der Waals surface area contributed by atoms with Crippen LogP contribution in [0.25, 0.3) is 0 Å². The van der Waals surface area contributed by atoms with Gasteiger partial charge in [0.05, 0.1) is 5.69 Å². The maximum absolute atomic E-state index is 13.6. The number of hydrogen-bond acceptors (Lipinski definition) is 6. The molecule has 39 heavy (non-hydrogen) atoms. The molecule has 3 fully saturated rings. The van der Waals surface area contributed by atoms with Crippen molar-refractivity contribution >= 4 is 21.9 Å². The highest BCUT2D eigenvalue weighted by Gasteiger charge is 2.52. The summed E-state index contributed by atoms with van der Waals surface area (Å²) in [5.41, 5.74) is 0.767. The largest absolute Gasteiger partial charge is 0.380 e. The van der Waals surface area contributed by atoms with Crippen molar-refractivity contribution in [1.82, 2.24) is 13.9 Å². The van der Waals surface area contributed by atoms with Crippen molar-refractivity contribution in [3.63, 3.8) is 0 Å². The van der Waals surface area contributed by atoms with E-state index < -0.39 is 10.0 Å². The lowest BCUT2D eigenvalue weighted by molar-refractivity contribution is 0.0372. The van der Waals surface area contributed by atoms with Crippen LogP contribution in [0.3, 0.4) is 0 Å². The van der Waals surface area contributed by atoms with Gasteiger partial charge in [0.25, 0.3) is 0 Å². The van der Waals surface area contributed by atoms with E-state index in [9.17, 15) is 13.2 Å². The van der Waals surface area contributed by atoms with Crippen LogP contribution in [0.5, 0.6) is 0 Å². The number of aromatic nitrogens is 2. The molecule has 8 nitrogen and oxygen atoms in total. The zero-order chi connectivity index (χ0) is 27.6. The summed E-state index contributed by atoms with van der Waals surface area (Å²) in [7, 11) is -1.85. The van der Waals surface area contributed by atoms with Crippen molar-refractivity contribution in [3.8, 4) is 0 Å². The van der Waals surface area contributed by atoms with Gasteiger partial charge in [0.1, 0.15) is 4.90 Å². The van der Waals surface area contributed by atoms with E-state index in [-0.39, 0.29) is 27.8 Å². The maximum atomic E-state index is 13.6. The molecule has 2 aromatic rings.